The molecule has 3 aromatic rings. The molecule has 1 saturated carbocycles. The van der Waals surface area contributed by atoms with Crippen molar-refractivity contribution in [2.75, 3.05) is 0 Å². The fourth-order valence-corrected chi connectivity index (χ4v) is 6.38. The molecule has 0 unspecified atom stereocenters. The standard InChI is InChI=1S/C32H39NO2/c1-23-18-19-28-29(20-23)35-30(33(32(28,2)3)22-24-12-6-4-7-13-24)21-26-16-10-11-17-27(26)31(34)25-14-8-5-9-15-25/h4-17,23,28-31,34H,18-22H2,1-3H3/t23-,28-,29-,30+,31-/m1/s1. The van der Waals surface area contributed by atoms with Crippen molar-refractivity contribution in [2.24, 2.45) is 11.8 Å². The molecule has 5 atom stereocenters. The zero-order chi connectivity index (χ0) is 24.4. The van der Waals surface area contributed by atoms with Crippen LogP contribution in [-0.4, -0.2) is 27.9 Å². The molecule has 2 aliphatic rings. The van der Waals surface area contributed by atoms with Crippen molar-refractivity contribution in [3.05, 3.63) is 107 Å². The number of aliphatic hydroxyl groups is 1. The number of hydrogen-bond donors (Lipinski definition) is 1. The first-order valence-corrected chi connectivity index (χ1v) is 13.2. The molecular weight excluding hydrogens is 430 g/mol. The van der Waals surface area contributed by atoms with Crippen LogP contribution in [0.15, 0.2) is 84.9 Å². The van der Waals surface area contributed by atoms with Crippen LogP contribution in [0.4, 0.5) is 0 Å². The van der Waals surface area contributed by atoms with Crippen molar-refractivity contribution in [1.82, 2.24) is 4.90 Å². The van der Waals surface area contributed by atoms with Crippen LogP contribution in [0, 0.1) is 11.8 Å². The zero-order valence-corrected chi connectivity index (χ0v) is 21.3. The van der Waals surface area contributed by atoms with Crippen molar-refractivity contribution < 1.29 is 9.84 Å². The minimum absolute atomic E-state index is 0.0244. The average molecular weight is 470 g/mol. The molecule has 2 fully saturated rings. The molecule has 0 bridgehead atoms. The molecule has 184 valence electrons. The van der Waals surface area contributed by atoms with E-state index in [-0.39, 0.29) is 17.9 Å². The number of hydrogen-bond acceptors (Lipinski definition) is 3. The summed E-state index contributed by atoms with van der Waals surface area (Å²) in [5.41, 5.74) is 4.39. The molecule has 1 N–H and O–H groups in total. The van der Waals surface area contributed by atoms with Gasteiger partial charge in [-0.15, -0.1) is 0 Å². The summed E-state index contributed by atoms with van der Waals surface area (Å²) >= 11 is 0. The van der Waals surface area contributed by atoms with Gasteiger partial charge in [-0.25, -0.2) is 0 Å². The van der Waals surface area contributed by atoms with Gasteiger partial charge in [0.25, 0.3) is 0 Å². The molecule has 35 heavy (non-hydrogen) atoms. The van der Waals surface area contributed by atoms with Crippen LogP contribution in [0.1, 0.15) is 68.4 Å². The Hall–Kier alpha value is -2.46. The Balaban J connectivity index is 1.48. The van der Waals surface area contributed by atoms with Gasteiger partial charge in [-0.05, 0) is 54.9 Å². The van der Waals surface area contributed by atoms with Crippen LogP contribution < -0.4 is 0 Å². The second-order valence-electron chi connectivity index (χ2n) is 11.1. The average Bonchev–Trinajstić information content (AvgIpc) is 2.87. The minimum atomic E-state index is -0.644. The molecular formula is C32H39NO2. The van der Waals surface area contributed by atoms with Gasteiger partial charge in [0, 0.05) is 24.4 Å². The number of fused-ring (bicyclic) bond motifs is 1. The Morgan fingerprint density at radius 2 is 1.57 bits per heavy atom. The van der Waals surface area contributed by atoms with E-state index in [9.17, 15) is 5.11 Å². The summed E-state index contributed by atoms with van der Waals surface area (Å²) in [6.45, 7) is 8.07. The number of ether oxygens (including phenoxy) is 1. The normalized spacial score (nSPS) is 27.2. The first kappa shape index (κ1) is 24.2. The van der Waals surface area contributed by atoms with E-state index >= 15 is 0 Å². The number of aliphatic hydroxyl groups excluding tert-OH is 1. The molecule has 1 aliphatic heterocycles. The van der Waals surface area contributed by atoms with Gasteiger partial charge in [-0.1, -0.05) is 98.3 Å². The van der Waals surface area contributed by atoms with Gasteiger partial charge in [0.05, 0.1) is 6.10 Å². The summed E-state index contributed by atoms with van der Waals surface area (Å²) < 4.78 is 6.97. The smallest absolute Gasteiger partial charge is 0.115 e. The van der Waals surface area contributed by atoms with E-state index in [1.807, 2.05) is 36.4 Å². The number of nitrogens with zero attached hydrogens (tertiary/aromatic N) is 1. The third-order valence-corrected chi connectivity index (χ3v) is 8.44. The first-order valence-electron chi connectivity index (χ1n) is 13.2. The maximum Gasteiger partial charge on any atom is 0.115 e. The summed E-state index contributed by atoms with van der Waals surface area (Å²) in [7, 11) is 0. The summed E-state index contributed by atoms with van der Waals surface area (Å²) in [6.07, 6.45) is 4.00. The zero-order valence-electron chi connectivity index (χ0n) is 21.3. The third-order valence-electron chi connectivity index (χ3n) is 8.44. The van der Waals surface area contributed by atoms with Crippen LogP contribution in [0.3, 0.4) is 0 Å². The monoisotopic (exact) mass is 469 g/mol. The maximum absolute atomic E-state index is 11.3. The second-order valence-corrected chi connectivity index (χ2v) is 11.1. The largest absolute Gasteiger partial charge is 0.384 e. The van der Waals surface area contributed by atoms with E-state index in [4.69, 9.17) is 4.74 Å². The van der Waals surface area contributed by atoms with E-state index in [1.165, 1.54) is 18.4 Å². The van der Waals surface area contributed by atoms with E-state index in [0.29, 0.717) is 11.8 Å². The summed E-state index contributed by atoms with van der Waals surface area (Å²) in [5, 5.41) is 11.3. The van der Waals surface area contributed by atoms with Crippen LogP contribution in [-0.2, 0) is 17.7 Å². The van der Waals surface area contributed by atoms with Crippen LogP contribution in [0.2, 0.25) is 0 Å². The van der Waals surface area contributed by atoms with Gasteiger partial charge in [0.15, 0.2) is 0 Å². The predicted molar refractivity (Wildman–Crippen MR) is 142 cm³/mol. The number of rotatable bonds is 6. The molecule has 3 aromatic carbocycles. The summed E-state index contributed by atoms with van der Waals surface area (Å²) in [4.78, 5) is 2.59. The van der Waals surface area contributed by atoms with Crippen LogP contribution in [0.25, 0.3) is 0 Å². The minimum Gasteiger partial charge on any atom is -0.384 e. The van der Waals surface area contributed by atoms with Crippen molar-refractivity contribution in [1.29, 1.82) is 0 Å². The molecule has 3 nitrogen and oxygen atoms in total. The second kappa shape index (κ2) is 10.3. The molecule has 1 heterocycles. The van der Waals surface area contributed by atoms with Gasteiger partial charge < -0.3 is 9.84 Å². The van der Waals surface area contributed by atoms with Crippen molar-refractivity contribution >= 4 is 0 Å². The highest BCUT2D eigenvalue weighted by Gasteiger charge is 2.50. The highest BCUT2D eigenvalue weighted by molar-refractivity contribution is 5.36. The fourth-order valence-electron chi connectivity index (χ4n) is 6.38. The highest BCUT2D eigenvalue weighted by Crippen LogP contribution is 2.46. The Bertz CT molecular complexity index is 1100. The molecule has 1 saturated heterocycles. The first-order chi connectivity index (χ1) is 16.9. The Morgan fingerprint density at radius 3 is 2.31 bits per heavy atom. The lowest BCUT2D eigenvalue weighted by molar-refractivity contribution is -0.236. The van der Waals surface area contributed by atoms with Crippen LogP contribution >= 0.6 is 0 Å². The molecule has 1 aliphatic carbocycles. The molecule has 0 radical (unpaired) electrons. The maximum atomic E-state index is 11.3. The van der Waals surface area contributed by atoms with E-state index in [1.54, 1.807) is 0 Å². The molecule has 0 aromatic heterocycles. The predicted octanol–water partition coefficient (Wildman–Crippen LogP) is 6.75. The van der Waals surface area contributed by atoms with Gasteiger partial charge in [0.1, 0.15) is 12.3 Å². The molecule has 5 rings (SSSR count). The lowest BCUT2D eigenvalue weighted by Crippen LogP contribution is -2.64. The third kappa shape index (κ3) is 5.09. The lowest BCUT2D eigenvalue weighted by atomic mass is 9.69. The van der Waals surface area contributed by atoms with Crippen molar-refractivity contribution in [3.8, 4) is 0 Å². The van der Waals surface area contributed by atoms with Gasteiger partial charge in [0.2, 0.25) is 0 Å². The van der Waals surface area contributed by atoms with Crippen LogP contribution in [0.5, 0.6) is 0 Å². The fraction of sp³-hybridized carbons (Fsp3) is 0.438. The van der Waals surface area contributed by atoms with E-state index in [2.05, 4.69) is 74.2 Å². The van der Waals surface area contributed by atoms with Gasteiger partial charge >= 0.3 is 0 Å². The quantitative estimate of drug-likeness (QED) is 0.433. The molecule has 0 spiro atoms. The summed E-state index contributed by atoms with van der Waals surface area (Å²) in [6, 6.07) is 29.1. The SMILES string of the molecule is C[C@@H]1CC[C@@H]2[C@@H](C1)O[C@@H](Cc1ccccc1[C@H](O)c1ccccc1)N(Cc1ccccc1)C2(C)C. The molecule has 0 amide bonds. The van der Waals surface area contributed by atoms with Gasteiger partial charge in [-0.3, -0.25) is 4.90 Å². The molecule has 3 heteroatoms. The van der Waals surface area contributed by atoms with E-state index < -0.39 is 6.10 Å². The highest BCUT2D eigenvalue weighted by atomic mass is 16.5. The van der Waals surface area contributed by atoms with Crippen molar-refractivity contribution in [2.45, 2.75) is 77.0 Å². The Morgan fingerprint density at radius 1 is 0.914 bits per heavy atom. The van der Waals surface area contributed by atoms with E-state index in [0.717, 1.165) is 36.1 Å². The Labute approximate surface area is 210 Å². The lowest BCUT2D eigenvalue weighted by Gasteiger charge is -2.57. The van der Waals surface area contributed by atoms with Crippen molar-refractivity contribution in [3.63, 3.8) is 0 Å². The topological polar surface area (TPSA) is 32.7 Å². The summed E-state index contributed by atoms with van der Waals surface area (Å²) in [5.74, 6) is 1.24. The van der Waals surface area contributed by atoms with Gasteiger partial charge in [-0.2, -0.15) is 0 Å². The number of benzene rings is 3. The Kier molecular flexibility index (Phi) is 7.11.